The van der Waals surface area contributed by atoms with Crippen molar-refractivity contribution in [1.82, 2.24) is 18.7 Å². The van der Waals surface area contributed by atoms with Crippen LogP contribution in [0.1, 0.15) is 22.3 Å². The number of aromatic nitrogens is 4. The van der Waals surface area contributed by atoms with Crippen LogP contribution in [0.25, 0.3) is 11.2 Å². The Bertz CT molecular complexity index is 1510. The van der Waals surface area contributed by atoms with Gasteiger partial charge in [-0.3, -0.25) is 13.9 Å². The molecule has 0 aliphatic carbocycles. The number of anilines is 2. The summed E-state index contributed by atoms with van der Waals surface area (Å²) in [6.07, 6.45) is -0.682. The normalized spacial score (nSPS) is 15.8. The van der Waals surface area contributed by atoms with Crippen molar-refractivity contribution < 1.29 is 5.11 Å². The molecule has 33 heavy (non-hydrogen) atoms. The maximum Gasteiger partial charge on any atom is 0.332 e. The molecule has 1 aliphatic rings. The van der Waals surface area contributed by atoms with Gasteiger partial charge in [0.15, 0.2) is 11.2 Å². The largest absolute Gasteiger partial charge is 0.389 e. The minimum Gasteiger partial charge on any atom is -0.389 e. The van der Waals surface area contributed by atoms with Gasteiger partial charge in [-0.2, -0.15) is 4.98 Å². The fraction of sp³-hybridized carbons (Fsp3) is 0.320. The highest BCUT2D eigenvalue weighted by atomic mass is 16.3. The van der Waals surface area contributed by atoms with Gasteiger partial charge in [0.05, 0.1) is 25.7 Å². The lowest BCUT2D eigenvalue weighted by molar-refractivity contribution is 0.154. The number of nitrogens with zero attached hydrogens (tertiary/aromatic N) is 5. The lowest BCUT2D eigenvalue weighted by atomic mass is 10.1. The van der Waals surface area contributed by atoms with Gasteiger partial charge in [-0.05, 0) is 49.6 Å². The van der Waals surface area contributed by atoms with Crippen LogP contribution in [-0.2, 0) is 20.1 Å². The van der Waals surface area contributed by atoms with E-state index in [1.165, 1.54) is 14.7 Å². The number of imidazole rings is 1. The predicted octanol–water partition coefficient (Wildman–Crippen LogP) is 2.38. The maximum absolute atomic E-state index is 13.6. The van der Waals surface area contributed by atoms with E-state index in [-0.39, 0.29) is 13.1 Å². The summed E-state index contributed by atoms with van der Waals surface area (Å²) in [7, 11) is 1.63. The van der Waals surface area contributed by atoms with Crippen LogP contribution < -0.4 is 16.1 Å². The van der Waals surface area contributed by atoms with Crippen LogP contribution in [0.5, 0.6) is 0 Å². The minimum absolute atomic E-state index is 0.174. The lowest BCUT2D eigenvalue weighted by Crippen LogP contribution is -2.42. The average molecular weight is 446 g/mol. The van der Waals surface area contributed by atoms with E-state index in [4.69, 9.17) is 4.98 Å². The molecule has 0 saturated heterocycles. The monoisotopic (exact) mass is 445 g/mol. The van der Waals surface area contributed by atoms with Crippen LogP contribution >= 0.6 is 0 Å². The Morgan fingerprint density at radius 2 is 1.82 bits per heavy atom. The minimum atomic E-state index is -0.682. The summed E-state index contributed by atoms with van der Waals surface area (Å²) in [5, 5.41) is 10.7. The molecule has 1 unspecified atom stereocenters. The van der Waals surface area contributed by atoms with Crippen LogP contribution in [0.2, 0.25) is 0 Å². The van der Waals surface area contributed by atoms with Gasteiger partial charge in [-0.25, -0.2) is 4.79 Å². The summed E-state index contributed by atoms with van der Waals surface area (Å²) in [6, 6.07) is 13.8. The molecular weight excluding hydrogens is 418 g/mol. The second kappa shape index (κ2) is 7.74. The number of aliphatic hydroxyl groups is 1. The zero-order valence-corrected chi connectivity index (χ0v) is 19.2. The SMILES string of the molecule is Cc1cccc(Cn2c(=O)c3c(nc4n3CC(O)CN4c3ccc(C)c(C)c3)n(C)c2=O)c1. The molecule has 5 rings (SSSR count). The summed E-state index contributed by atoms with van der Waals surface area (Å²) in [5.41, 5.74) is 4.96. The van der Waals surface area contributed by atoms with E-state index in [1.807, 2.05) is 68.1 Å². The molecule has 3 heterocycles. The number of aryl methyl sites for hydroxylation is 4. The van der Waals surface area contributed by atoms with Gasteiger partial charge in [0.2, 0.25) is 5.95 Å². The van der Waals surface area contributed by atoms with Crippen LogP contribution in [0.15, 0.2) is 52.1 Å². The second-order valence-electron chi connectivity index (χ2n) is 8.95. The molecule has 170 valence electrons. The molecular formula is C25H27N5O3. The third-order valence-electron chi connectivity index (χ3n) is 6.47. The van der Waals surface area contributed by atoms with Crippen molar-refractivity contribution in [1.29, 1.82) is 0 Å². The molecule has 1 atom stereocenters. The summed E-state index contributed by atoms with van der Waals surface area (Å²) in [4.78, 5) is 33.3. The van der Waals surface area contributed by atoms with Crippen molar-refractivity contribution in [2.45, 2.75) is 40.0 Å². The quantitative estimate of drug-likeness (QED) is 0.523. The highest BCUT2D eigenvalue weighted by Gasteiger charge is 2.30. The molecule has 8 nitrogen and oxygen atoms in total. The van der Waals surface area contributed by atoms with E-state index in [0.29, 0.717) is 23.7 Å². The van der Waals surface area contributed by atoms with Crippen molar-refractivity contribution in [3.8, 4) is 0 Å². The van der Waals surface area contributed by atoms with Crippen LogP contribution in [0.4, 0.5) is 11.6 Å². The highest BCUT2D eigenvalue weighted by Crippen LogP contribution is 2.32. The molecule has 0 saturated carbocycles. The zero-order valence-electron chi connectivity index (χ0n) is 19.2. The van der Waals surface area contributed by atoms with Gasteiger partial charge in [0.1, 0.15) is 0 Å². The van der Waals surface area contributed by atoms with Crippen molar-refractivity contribution in [3.63, 3.8) is 0 Å². The Kier molecular flexibility index (Phi) is 4.97. The van der Waals surface area contributed by atoms with E-state index in [1.54, 1.807) is 11.6 Å². The van der Waals surface area contributed by atoms with Crippen molar-refractivity contribution in [2.75, 3.05) is 11.4 Å². The first kappa shape index (κ1) is 21.2. The average Bonchev–Trinajstić information content (AvgIpc) is 3.16. The van der Waals surface area contributed by atoms with Crippen LogP contribution in [0, 0.1) is 20.8 Å². The number of aliphatic hydroxyl groups excluding tert-OH is 1. The van der Waals surface area contributed by atoms with Crippen LogP contribution in [-0.4, -0.2) is 36.4 Å². The number of hydrogen-bond donors (Lipinski definition) is 1. The standard InChI is InChI=1S/C25H27N5O3/c1-15-6-5-7-18(10-15)12-30-23(32)21-22(27(4)25(30)33)26-24-28(13-20(31)14-29(21)24)19-9-8-16(2)17(3)11-19/h5-11,20,31H,12-14H2,1-4H3. The molecule has 8 heteroatoms. The molecule has 2 aromatic heterocycles. The number of hydrogen-bond acceptors (Lipinski definition) is 5. The maximum atomic E-state index is 13.6. The molecule has 0 radical (unpaired) electrons. The molecule has 0 fully saturated rings. The van der Waals surface area contributed by atoms with Gasteiger partial charge >= 0.3 is 5.69 Å². The van der Waals surface area contributed by atoms with Crippen molar-refractivity contribution in [2.24, 2.45) is 7.05 Å². The third-order valence-corrected chi connectivity index (χ3v) is 6.47. The smallest absolute Gasteiger partial charge is 0.332 e. The Balaban J connectivity index is 1.72. The Labute approximate surface area is 191 Å². The van der Waals surface area contributed by atoms with Crippen LogP contribution in [0.3, 0.4) is 0 Å². The zero-order chi connectivity index (χ0) is 23.4. The Morgan fingerprint density at radius 1 is 1.03 bits per heavy atom. The van der Waals surface area contributed by atoms with E-state index >= 15 is 0 Å². The number of benzene rings is 2. The van der Waals surface area contributed by atoms with E-state index in [0.717, 1.165) is 22.4 Å². The number of fused-ring (bicyclic) bond motifs is 3. The third kappa shape index (κ3) is 3.47. The first-order valence-corrected chi connectivity index (χ1v) is 11.0. The van der Waals surface area contributed by atoms with Gasteiger partial charge in [-0.1, -0.05) is 35.9 Å². The molecule has 1 aliphatic heterocycles. The first-order valence-electron chi connectivity index (χ1n) is 11.0. The van der Waals surface area contributed by atoms with Gasteiger partial charge in [0.25, 0.3) is 5.56 Å². The Hall–Kier alpha value is -3.65. The molecule has 0 bridgehead atoms. The fourth-order valence-corrected chi connectivity index (χ4v) is 4.55. The summed E-state index contributed by atoms with van der Waals surface area (Å²) < 4.78 is 4.41. The molecule has 2 aromatic carbocycles. The van der Waals surface area contributed by atoms with Gasteiger partial charge in [0, 0.05) is 12.7 Å². The molecule has 1 N–H and O–H groups in total. The summed E-state index contributed by atoms with van der Waals surface area (Å²) in [5.74, 6) is 0.555. The summed E-state index contributed by atoms with van der Waals surface area (Å²) in [6.45, 7) is 6.83. The first-order chi connectivity index (χ1) is 15.7. The number of rotatable bonds is 3. The summed E-state index contributed by atoms with van der Waals surface area (Å²) >= 11 is 0. The molecule has 0 spiro atoms. The van der Waals surface area contributed by atoms with E-state index in [2.05, 4.69) is 0 Å². The Morgan fingerprint density at radius 3 is 2.55 bits per heavy atom. The van der Waals surface area contributed by atoms with Gasteiger partial charge in [-0.15, -0.1) is 0 Å². The fourth-order valence-electron chi connectivity index (χ4n) is 4.55. The van der Waals surface area contributed by atoms with E-state index in [9.17, 15) is 14.7 Å². The predicted molar refractivity (Wildman–Crippen MR) is 128 cm³/mol. The topological polar surface area (TPSA) is 85.3 Å². The van der Waals surface area contributed by atoms with Gasteiger partial charge < -0.3 is 14.6 Å². The van der Waals surface area contributed by atoms with Crippen molar-refractivity contribution in [3.05, 3.63) is 85.6 Å². The molecule has 0 amide bonds. The lowest BCUT2D eigenvalue weighted by Gasteiger charge is -2.32. The number of β-amino-alcohol motifs (C(OH)–C–C–N with tert-alkyl or cyclic N) is 1. The highest BCUT2D eigenvalue weighted by molar-refractivity contribution is 5.77. The second-order valence-corrected chi connectivity index (χ2v) is 8.95. The van der Waals surface area contributed by atoms with E-state index < -0.39 is 17.4 Å². The molecule has 4 aromatic rings. The van der Waals surface area contributed by atoms with Crippen molar-refractivity contribution >= 4 is 22.8 Å².